The Morgan fingerprint density at radius 1 is 1.08 bits per heavy atom. The number of rotatable bonds is 1. The predicted octanol–water partition coefficient (Wildman–Crippen LogP) is 4.12. The molecule has 0 aliphatic rings. The van der Waals surface area contributed by atoms with Crippen LogP contribution >= 0.6 is 0 Å². The van der Waals surface area contributed by atoms with Gasteiger partial charge in [-0.05, 0) is 19.1 Å². The van der Waals surface area contributed by atoms with Gasteiger partial charge in [0.25, 0.3) is 0 Å². The van der Waals surface area contributed by atoms with E-state index in [-0.39, 0.29) is 0 Å². The summed E-state index contributed by atoms with van der Waals surface area (Å²) in [5.74, 6) is 0. The first-order valence-corrected chi connectivity index (χ1v) is 4.61. The third kappa shape index (κ3) is 6.02. The molecule has 0 fully saturated rings. The summed E-state index contributed by atoms with van der Waals surface area (Å²) < 4.78 is 0. The topological polar surface area (TPSA) is 24.7 Å². The minimum absolute atomic E-state index is 0.910. The molecule has 0 N–H and O–H groups in total. The molecule has 1 rings (SSSR count). The molecule has 0 spiro atoms. The maximum Gasteiger partial charge on any atom is 0.0852 e. The van der Waals surface area contributed by atoms with E-state index < -0.39 is 0 Å². The lowest BCUT2D eigenvalue weighted by atomic mass is 10.2. The van der Waals surface area contributed by atoms with Crippen molar-refractivity contribution in [3.8, 4) is 0 Å². The standard InChI is InChI=1S/C8H10N2.C3H8/c1-7-3-5-8(6-4-7)10-9-2;1-3-2/h3-6H,1-2H3;3H2,1-2H3. The van der Waals surface area contributed by atoms with E-state index in [1.54, 1.807) is 7.05 Å². The van der Waals surface area contributed by atoms with E-state index in [4.69, 9.17) is 0 Å². The highest BCUT2D eigenvalue weighted by Gasteiger charge is 1.85. The molecule has 0 radical (unpaired) electrons. The normalized spacial score (nSPS) is 9.54. The van der Waals surface area contributed by atoms with Crippen molar-refractivity contribution in [3.63, 3.8) is 0 Å². The lowest BCUT2D eigenvalue weighted by Gasteiger charge is -1.90. The van der Waals surface area contributed by atoms with Gasteiger partial charge in [-0.3, -0.25) is 0 Å². The SMILES string of the molecule is CCC.CN=Nc1ccc(C)cc1. The molecule has 2 nitrogen and oxygen atoms in total. The van der Waals surface area contributed by atoms with E-state index in [1.807, 2.05) is 31.2 Å². The highest BCUT2D eigenvalue weighted by molar-refractivity contribution is 5.37. The zero-order valence-corrected chi connectivity index (χ0v) is 8.91. The van der Waals surface area contributed by atoms with Gasteiger partial charge >= 0.3 is 0 Å². The van der Waals surface area contributed by atoms with E-state index in [9.17, 15) is 0 Å². The van der Waals surface area contributed by atoms with Crippen LogP contribution in [0.1, 0.15) is 25.8 Å². The first-order chi connectivity index (χ1) is 6.24. The second-order valence-corrected chi connectivity index (χ2v) is 2.84. The van der Waals surface area contributed by atoms with Gasteiger partial charge in [0, 0.05) is 7.05 Å². The van der Waals surface area contributed by atoms with Gasteiger partial charge in [-0.15, -0.1) is 0 Å². The fourth-order valence-electron chi connectivity index (χ4n) is 0.727. The van der Waals surface area contributed by atoms with Crippen molar-refractivity contribution in [3.05, 3.63) is 29.8 Å². The molecule has 0 saturated carbocycles. The van der Waals surface area contributed by atoms with Gasteiger partial charge in [0.1, 0.15) is 0 Å². The average molecular weight is 178 g/mol. The Balaban J connectivity index is 0.000000424. The molecular formula is C11H18N2. The van der Waals surface area contributed by atoms with Crippen LogP contribution in [0.25, 0.3) is 0 Å². The molecule has 0 atom stereocenters. The van der Waals surface area contributed by atoms with Gasteiger partial charge < -0.3 is 0 Å². The minimum atomic E-state index is 0.910. The van der Waals surface area contributed by atoms with Crippen LogP contribution in [0.5, 0.6) is 0 Å². The summed E-state index contributed by atoms with van der Waals surface area (Å²) in [5, 5.41) is 7.53. The lowest BCUT2D eigenvalue weighted by molar-refractivity contribution is 1.09. The van der Waals surface area contributed by atoms with Crippen LogP contribution in [0, 0.1) is 6.92 Å². The summed E-state index contributed by atoms with van der Waals surface area (Å²) in [5.41, 5.74) is 2.16. The molecule has 1 aromatic carbocycles. The first kappa shape index (κ1) is 11.8. The van der Waals surface area contributed by atoms with Crippen molar-refractivity contribution >= 4 is 5.69 Å². The Hall–Kier alpha value is -1.18. The fourth-order valence-corrected chi connectivity index (χ4v) is 0.727. The maximum absolute atomic E-state index is 3.87. The van der Waals surface area contributed by atoms with Crippen molar-refractivity contribution in [2.45, 2.75) is 27.2 Å². The number of hydrogen-bond acceptors (Lipinski definition) is 2. The molecule has 0 heterocycles. The number of hydrogen-bond donors (Lipinski definition) is 0. The second-order valence-electron chi connectivity index (χ2n) is 2.84. The van der Waals surface area contributed by atoms with Gasteiger partial charge in [-0.2, -0.15) is 10.2 Å². The first-order valence-electron chi connectivity index (χ1n) is 4.61. The summed E-state index contributed by atoms with van der Waals surface area (Å²) in [6.45, 7) is 6.30. The van der Waals surface area contributed by atoms with Crippen molar-refractivity contribution in [1.29, 1.82) is 0 Å². The number of benzene rings is 1. The summed E-state index contributed by atoms with van der Waals surface area (Å²) in [4.78, 5) is 0. The van der Waals surface area contributed by atoms with E-state index in [1.165, 1.54) is 12.0 Å². The smallest absolute Gasteiger partial charge is 0.0852 e. The number of azo groups is 1. The van der Waals surface area contributed by atoms with Gasteiger partial charge in [-0.25, -0.2) is 0 Å². The van der Waals surface area contributed by atoms with Crippen molar-refractivity contribution in [1.82, 2.24) is 0 Å². The molecule has 0 saturated heterocycles. The second kappa shape index (κ2) is 7.47. The van der Waals surface area contributed by atoms with Crippen molar-refractivity contribution in [2.24, 2.45) is 10.2 Å². The van der Waals surface area contributed by atoms with Gasteiger partial charge in [0.05, 0.1) is 5.69 Å². The Bertz CT molecular complexity index is 237. The molecule has 0 aliphatic heterocycles. The largest absolute Gasteiger partial charge is 0.192 e. The van der Waals surface area contributed by atoms with Gasteiger partial charge in [0.15, 0.2) is 0 Å². The molecule has 0 amide bonds. The lowest BCUT2D eigenvalue weighted by Crippen LogP contribution is -1.67. The van der Waals surface area contributed by atoms with Gasteiger partial charge in [0.2, 0.25) is 0 Å². The molecule has 1 aromatic rings. The summed E-state index contributed by atoms with van der Waals surface area (Å²) in [7, 11) is 1.67. The third-order valence-corrected chi connectivity index (χ3v) is 1.25. The zero-order chi connectivity index (χ0) is 10.1. The molecule has 0 aromatic heterocycles. The van der Waals surface area contributed by atoms with Crippen LogP contribution in [0.15, 0.2) is 34.5 Å². The van der Waals surface area contributed by atoms with E-state index >= 15 is 0 Å². The van der Waals surface area contributed by atoms with E-state index in [0.717, 1.165) is 5.69 Å². The van der Waals surface area contributed by atoms with Gasteiger partial charge in [-0.1, -0.05) is 38.0 Å². The summed E-state index contributed by atoms with van der Waals surface area (Å²) >= 11 is 0. The Labute approximate surface area is 80.7 Å². The monoisotopic (exact) mass is 178 g/mol. The van der Waals surface area contributed by atoms with Crippen LogP contribution < -0.4 is 0 Å². The fraction of sp³-hybridized carbons (Fsp3) is 0.455. The number of nitrogens with zero attached hydrogens (tertiary/aromatic N) is 2. The summed E-state index contributed by atoms with van der Waals surface area (Å²) in [6, 6.07) is 7.93. The molecule has 0 bridgehead atoms. The van der Waals surface area contributed by atoms with Crippen LogP contribution in [0.3, 0.4) is 0 Å². The van der Waals surface area contributed by atoms with Crippen LogP contribution in [-0.4, -0.2) is 7.05 Å². The highest BCUT2D eigenvalue weighted by Crippen LogP contribution is 2.11. The van der Waals surface area contributed by atoms with E-state index in [2.05, 4.69) is 24.1 Å². The van der Waals surface area contributed by atoms with Crippen LogP contribution in [0.4, 0.5) is 5.69 Å². The van der Waals surface area contributed by atoms with Crippen molar-refractivity contribution in [2.75, 3.05) is 7.05 Å². The molecule has 72 valence electrons. The molecule has 0 unspecified atom stereocenters. The quantitative estimate of drug-likeness (QED) is 0.578. The molecular weight excluding hydrogens is 160 g/mol. The molecule has 0 aliphatic carbocycles. The van der Waals surface area contributed by atoms with Crippen LogP contribution in [0.2, 0.25) is 0 Å². The van der Waals surface area contributed by atoms with E-state index in [0.29, 0.717) is 0 Å². The van der Waals surface area contributed by atoms with Crippen LogP contribution in [-0.2, 0) is 0 Å². The average Bonchev–Trinajstić information content (AvgIpc) is 2.11. The third-order valence-electron chi connectivity index (χ3n) is 1.25. The van der Waals surface area contributed by atoms with Crippen molar-refractivity contribution < 1.29 is 0 Å². The zero-order valence-electron chi connectivity index (χ0n) is 8.91. The Morgan fingerprint density at radius 2 is 1.54 bits per heavy atom. The summed E-state index contributed by atoms with van der Waals surface area (Å²) in [6.07, 6.45) is 1.25. The highest BCUT2D eigenvalue weighted by atomic mass is 15.1. The number of aryl methyl sites for hydroxylation is 1. The minimum Gasteiger partial charge on any atom is -0.192 e. The molecule has 13 heavy (non-hydrogen) atoms. The molecule has 2 heteroatoms. The maximum atomic E-state index is 3.87. The Morgan fingerprint density at radius 3 is 1.92 bits per heavy atom. The Kier molecular flexibility index (Phi) is 6.79. The predicted molar refractivity (Wildman–Crippen MR) is 57.6 cm³/mol.